The Kier molecular flexibility index (Phi) is 40.4. The molecule has 14 rings (SSSR count). The van der Waals surface area contributed by atoms with Crippen molar-refractivity contribution in [3.63, 3.8) is 0 Å². The van der Waals surface area contributed by atoms with Gasteiger partial charge in [0.1, 0.15) is 23.3 Å². The number of anilines is 11. The van der Waals surface area contributed by atoms with Crippen molar-refractivity contribution < 1.29 is 24.0 Å². The molecule has 121 heavy (non-hydrogen) atoms. The van der Waals surface area contributed by atoms with Crippen LogP contribution in [-0.4, -0.2) is 149 Å². The van der Waals surface area contributed by atoms with E-state index in [0.29, 0.717) is 24.7 Å². The fraction of sp³-hybridized carbons (Fsp3) is 0.341. The zero-order valence-electron chi connectivity index (χ0n) is 69.2. The maximum absolute atomic E-state index is 11.8. The van der Waals surface area contributed by atoms with E-state index in [4.69, 9.17) is 45.5 Å². The number of benzene rings is 6. The van der Waals surface area contributed by atoms with Crippen molar-refractivity contribution in [2.24, 2.45) is 14.1 Å². The molecule has 0 saturated heterocycles. The van der Waals surface area contributed by atoms with Gasteiger partial charge in [0.15, 0.2) is 0 Å². The maximum atomic E-state index is 11.8. The van der Waals surface area contributed by atoms with Gasteiger partial charge in [0.05, 0.1) is 44.8 Å². The molecule has 0 amide bonds. The Hall–Kier alpha value is -11.6. The molecule has 0 aliphatic carbocycles. The Labute approximate surface area is 732 Å². The average molecular weight is 1700 g/mol. The summed E-state index contributed by atoms with van der Waals surface area (Å²) in [5, 5.41) is 26.0. The number of aromatic nitrogens is 16. The van der Waals surface area contributed by atoms with Crippen molar-refractivity contribution in [2.45, 2.75) is 162 Å². The van der Waals surface area contributed by atoms with Crippen molar-refractivity contribution >= 4 is 177 Å². The van der Waals surface area contributed by atoms with Crippen LogP contribution in [0.1, 0.15) is 146 Å². The van der Waals surface area contributed by atoms with Gasteiger partial charge >= 0.3 is 42.4 Å². The van der Waals surface area contributed by atoms with Gasteiger partial charge in [-0.15, -0.1) is 0 Å². The van der Waals surface area contributed by atoms with Crippen LogP contribution < -0.4 is 30.7 Å². The smallest absolute Gasteiger partial charge is 0.229 e. The summed E-state index contributed by atoms with van der Waals surface area (Å²) in [6.45, 7) is 33.3. The Bertz CT molecular complexity index is 5700. The van der Waals surface area contributed by atoms with Gasteiger partial charge in [-0.1, -0.05) is 56.7 Å². The number of carbonyl (C=O) groups excluding carboxylic acids is 2. The average Bonchev–Trinajstić information content (AvgIpc) is 1.67. The number of halogens is 3. The van der Waals surface area contributed by atoms with Crippen LogP contribution in [0.25, 0.3) is 43.6 Å². The van der Waals surface area contributed by atoms with Crippen molar-refractivity contribution in [3.8, 4) is 0 Å². The molecule has 0 spiro atoms. The summed E-state index contributed by atoms with van der Waals surface area (Å²) in [6.07, 6.45) is 6.67. The molecule has 640 valence electrons. The van der Waals surface area contributed by atoms with E-state index in [1.165, 1.54) is 80.4 Å². The monoisotopic (exact) mass is 1700 g/mol. The van der Waals surface area contributed by atoms with Gasteiger partial charge in [0, 0.05) is 145 Å². The third-order valence-electron chi connectivity index (χ3n) is 19.2. The fourth-order valence-electron chi connectivity index (χ4n) is 12.9. The zero-order chi connectivity index (χ0) is 83.4. The largest absolute Gasteiger partial charge is 0.399 e. The topological polar surface area (TPSA) is 295 Å². The van der Waals surface area contributed by atoms with E-state index in [2.05, 4.69) is 166 Å². The number of fused-ring (bicyclic) bond motifs is 4. The van der Waals surface area contributed by atoms with E-state index < -0.39 is 0 Å². The molecule has 4 radical (unpaired) electrons. The number of rotatable bonds is 14. The van der Waals surface area contributed by atoms with Gasteiger partial charge in [-0.2, -0.15) is 34.7 Å². The summed E-state index contributed by atoms with van der Waals surface area (Å²) in [5.41, 5.74) is 31.0. The molecule has 0 aliphatic rings. The molecule has 8 aromatic heterocycles. The van der Waals surface area contributed by atoms with Gasteiger partial charge in [-0.05, 0) is 272 Å². The second-order valence-corrected chi connectivity index (χ2v) is 28.6. The zero-order valence-corrected chi connectivity index (χ0v) is 71.5. The number of carbonyl (C=O) groups is 2. The molecule has 0 bridgehead atoms. The Morgan fingerprint density at radius 3 is 1.06 bits per heavy atom. The van der Waals surface area contributed by atoms with Gasteiger partial charge < -0.3 is 30.7 Å². The van der Waals surface area contributed by atoms with Crippen LogP contribution in [0.2, 0.25) is 22.7 Å². The number of nitrogens with one attached hydrogen (secondary N) is 1. The Morgan fingerprint density at radius 2 is 0.727 bits per heavy atom. The summed E-state index contributed by atoms with van der Waals surface area (Å²) in [6, 6.07) is 32.4. The van der Waals surface area contributed by atoms with Crippen LogP contribution in [0, 0.1) is 96.9 Å². The fourth-order valence-corrected chi connectivity index (χ4v) is 13.3. The van der Waals surface area contributed by atoms with Crippen molar-refractivity contribution in [1.29, 1.82) is 0 Å². The maximum Gasteiger partial charge on any atom is 0.229 e. The first-order valence-electron chi connectivity index (χ1n) is 36.3. The van der Waals surface area contributed by atoms with Crippen LogP contribution in [0.3, 0.4) is 0 Å². The molecule has 0 aliphatic heterocycles. The van der Waals surface area contributed by atoms with Crippen molar-refractivity contribution in [3.05, 3.63) is 216 Å². The third-order valence-corrected chi connectivity index (χ3v) is 19.8. The van der Waals surface area contributed by atoms with Crippen LogP contribution >= 0.6 is 34.8 Å². The second-order valence-electron chi connectivity index (χ2n) is 27.6. The van der Waals surface area contributed by atoms with Crippen LogP contribution in [0.5, 0.6) is 0 Å². The molecule has 0 unspecified atom stereocenters. The quantitative estimate of drug-likeness (QED) is 0.0255. The molecule has 14 aromatic rings. The molecule has 3 N–H and O–H groups in total. The van der Waals surface area contributed by atoms with Crippen molar-refractivity contribution in [2.75, 3.05) is 65.3 Å². The first-order valence-corrected chi connectivity index (χ1v) is 37.5. The number of nitrogen functional groups attached to an aromatic ring is 1. The second kappa shape index (κ2) is 46.3. The van der Waals surface area contributed by atoms with E-state index in [9.17, 15) is 14.3 Å². The molecule has 0 fully saturated rings. The summed E-state index contributed by atoms with van der Waals surface area (Å²) in [5.74, 6) is 3.29. The van der Waals surface area contributed by atoms with E-state index in [-0.39, 0.29) is 87.1 Å². The minimum atomic E-state index is -0.120. The number of nitrogens with two attached hydrogens (primary N) is 1. The third kappa shape index (κ3) is 25.3. The van der Waals surface area contributed by atoms with Gasteiger partial charge in [0.25, 0.3) is 0 Å². The molecule has 0 atom stereocenters. The standard InChI is InChI=1S/C24H28N6.2C16H16ClN5O.C15H16ClN5.C9H13N.C2H5B2O3.6CH4.B/c1-14-10-16(3)20(12-15(14)2)26-24-25-9-8-23(27-24)29(6)21-13-22-19(11-17(21)4)18(5)28-30(22)7;2*1-9-7-12-10(2)20-22(11(3)23)14(12)8-13(9)21(4)15-5-6-18-16(17)19-15;1-9-7-11-10(2)19-21(4)13(11)8-12(9)20(3)14-5-6-17-15(16)18-14;1-6-4-8(3)9(10)5-7(6)2;1-3-7-6-2-4-5;;;;;;;/h8-13H,1-7H3,(H,25,26,27);2*5-8H,1-4H3;5-8H,1-4H3;4-5H,10H2,1-3H3;2H2,1H3;6*1H4;. The number of aryl methyl sites for hydroxylation is 16. The van der Waals surface area contributed by atoms with E-state index in [1.807, 2.05) is 157 Å². The number of nitrogens with zero attached hydrogens (tertiary/aromatic N) is 20. The number of hydrogen-bond donors (Lipinski definition) is 2. The number of hydrogen-bond acceptors (Lipinski definition) is 23. The van der Waals surface area contributed by atoms with Gasteiger partial charge in [-0.3, -0.25) is 19.0 Å². The molecule has 8 heterocycles. The summed E-state index contributed by atoms with van der Waals surface area (Å²) in [7, 11) is 13.7. The van der Waals surface area contributed by atoms with Crippen LogP contribution in [0.4, 0.5) is 63.3 Å². The van der Waals surface area contributed by atoms with E-state index in [0.717, 1.165) is 118 Å². The molecular formula is C88H118B3Cl3N22O5. The first kappa shape index (κ1) is 106. The van der Waals surface area contributed by atoms with E-state index >= 15 is 0 Å². The predicted octanol–water partition coefficient (Wildman–Crippen LogP) is 21.1. The van der Waals surface area contributed by atoms with E-state index in [1.54, 1.807) is 43.7 Å². The van der Waals surface area contributed by atoms with Crippen LogP contribution in [0.15, 0.2) is 122 Å². The predicted molar refractivity (Wildman–Crippen MR) is 507 cm³/mol. The van der Waals surface area contributed by atoms with Crippen molar-refractivity contribution in [1.82, 2.24) is 79.0 Å². The first-order chi connectivity index (χ1) is 54.0. The molecule has 0 saturated carbocycles. The minimum absolute atomic E-state index is 0. The normalized spacial score (nSPS) is 10.1. The SMILES string of the molecule is C.C.C.C.C.C.CC(=O)n1nc(C)c2cc(C)c(N(C)c3ccnc(Cl)n3)cc21.CC(=O)n1nc(C)c2cc(C)c(N(C)c3ccnc(Cl)n3)cc21.C[B]OOCB=O.Cc1cc(C)c(N)cc1C.Cc1cc(C)c(Nc2nccc(N(C)c3cc4c(cc3C)c(C)nn4C)n2)cc1C.Cc1cc2c(C)nn(C)c2cc1N(C)c1ccnc(Cl)n1.[B]. The molecule has 33 heteroatoms. The molecule has 27 nitrogen and oxygen atoms in total. The Balaban J connectivity index is 0.000000507. The molecular weight excluding hydrogens is 1580 g/mol. The van der Waals surface area contributed by atoms with Gasteiger partial charge in [-0.25, -0.2) is 34.9 Å². The summed E-state index contributed by atoms with van der Waals surface area (Å²) in [4.78, 5) is 73.6. The summed E-state index contributed by atoms with van der Waals surface area (Å²) >= 11 is 17.6. The van der Waals surface area contributed by atoms with Crippen LogP contribution in [-0.2, 0) is 28.5 Å². The molecule has 6 aromatic carbocycles. The minimum Gasteiger partial charge on any atom is -0.399 e. The summed E-state index contributed by atoms with van der Waals surface area (Å²) < 4.78 is 16.1. The Morgan fingerprint density at radius 1 is 0.421 bits per heavy atom. The van der Waals surface area contributed by atoms with Gasteiger partial charge in [0.2, 0.25) is 33.6 Å².